The maximum absolute atomic E-state index is 9.92. The topological polar surface area (TPSA) is 20.2 Å². The second kappa shape index (κ2) is 1.89. The molecule has 0 aromatic rings. The van der Waals surface area contributed by atoms with Crippen molar-refractivity contribution in [2.24, 2.45) is 11.8 Å². The van der Waals surface area contributed by atoms with Crippen LogP contribution >= 0.6 is 0 Å². The number of hydrogen-bond donors (Lipinski definition) is 1. The molecule has 0 spiro atoms. The third-order valence-electron chi connectivity index (χ3n) is 3.23. The SMILES string of the molecule is C#C[C@@]1(O)C(=C)[C@H]2CC[C@H]1C2. The predicted molar refractivity (Wildman–Crippen MR) is 43.8 cm³/mol. The maximum Gasteiger partial charge on any atom is 0.149 e. The summed E-state index contributed by atoms with van der Waals surface area (Å²) in [4.78, 5) is 0. The number of aliphatic hydroxyl groups is 1. The largest absolute Gasteiger partial charge is 0.373 e. The van der Waals surface area contributed by atoms with Crippen LogP contribution in [0.3, 0.4) is 0 Å². The Balaban J connectivity index is 2.39. The highest BCUT2D eigenvalue weighted by Crippen LogP contribution is 2.53. The normalized spacial score (nSPS) is 47.8. The van der Waals surface area contributed by atoms with Crippen LogP contribution in [-0.2, 0) is 0 Å². The van der Waals surface area contributed by atoms with Crippen LogP contribution in [0.5, 0.6) is 0 Å². The molecule has 11 heavy (non-hydrogen) atoms. The summed E-state index contributed by atoms with van der Waals surface area (Å²) in [5, 5.41) is 9.92. The molecule has 0 aromatic heterocycles. The van der Waals surface area contributed by atoms with Gasteiger partial charge in [0.2, 0.25) is 0 Å². The van der Waals surface area contributed by atoms with Gasteiger partial charge in [0.1, 0.15) is 5.60 Å². The van der Waals surface area contributed by atoms with Crippen LogP contribution in [0.15, 0.2) is 12.2 Å². The molecule has 0 aliphatic heterocycles. The Morgan fingerprint density at radius 2 is 2.36 bits per heavy atom. The van der Waals surface area contributed by atoms with E-state index in [2.05, 4.69) is 12.5 Å². The quantitative estimate of drug-likeness (QED) is 0.406. The molecule has 0 aromatic carbocycles. The standard InChI is InChI=1S/C10H12O/c1-3-10(11)7(2)8-4-5-9(10)6-8/h1,8-9,11H,2,4-6H2/t8-,9-,10+/m0/s1. The van der Waals surface area contributed by atoms with Gasteiger partial charge < -0.3 is 5.11 Å². The van der Waals surface area contributed by atoms with Crippen molar-refractivity contribution in [2.75, 3.05) is 0 Å². The minimum Gasteiger partial charge on any atom is -0.373 e. The van der Waals surface area contributed by atoms with Gasteiger partial charge in [0.15, 0.2) is 0 Å². The zero-order valence-corrected chi connectivity index (χ0v) is 6.51. The molecular formula is C10H12O. The molecule has 3 atom stereocenters. The number of terminal acetylenes is 1. The van der Waals surface area contributed by atoms with E-state index in [0.717, 1.165) is 18.4 Å². The van der Waals surface area contributed by atoms with Crippen LogP contribution in [0.25, 0.3) is 0 Å². The number of hydrogen-bond acceptors (Lipinski definition) is 1. The molecule has 2 bridgehead atoms. The number of rotatable bonds is 0. The minimum atomic E-state index is -0.955. The maximum atomic E-state index is 9.92. The molecule has 1 N–H and O–H groups in total. The third kappa shape index (κ3) is 0.657. The van der Waals surface area contributed by atoms with Gasteiger partial charge in [-0.25, -0.2) is 0 Å². The van der Waals surface area contributed by atoms with Gasteiger partial charge in [0, 0.05) is 5.92 Å². The van der Waals surface area contributed by atoms with E-state index >= 15 is 0 Å². The molecule has 2 fully saturated rings. The lowest BCUT2D eigenvalue weighted by Gasteiger charge is -2.28. The summed E-state index contributed by atoms with van der Waals surface area (Å²) < 4.78 is 0. The molecule has 1 nitrogen and oxygen atoms in total. The molecule has 2 aliphatic rings. The van der Waals surface area contributed by atoms with Gasteiger partial charge in [-0.15, -0.1) is 6.42 Å². The van der Waals surface area contributed by atoms with E-state index in [-0.39, 0.29) is 0 Å². The molecule has 0 radical (unpaired) electrons. The van der Waals surface area contributed by atoms with Crippen molar-refractivity contribution in [3.8, 4) is 12.3 Å². The first-order valence-electron chi connectivity index (χ1n) is 4.08. The summed E-state index contributed by atoms with van der Waals surface area (Å²) in [7, 11) is 0. The first-order valence-corrected chi connectivity index (χ1v) is 4.08. The van der Waals surface area contributed by atoms with Crippen molar-refractivity contribution in [2.45, 2.75) is 24.9 Å². The van der Waals surface area contributed by atoms with Crippen LogP contribution in [0.4, 0.5) is 0 Å². The van der Waals surface area contributed by atoms with Gasteiger partial charge in [0.25, 0.3) is 0 Å². The van der Waals surface area contributed by atoms with Crippen LogP contribution in [0.2, 0.25) is 0 Å². The lowest BCUT2D eigenvalue weighted by Crippen LogP contribution is -2.34. The molecule has 2 saturated carbocycles. The molecule has 0 heterocycles. The molecule has 0 amide bonds. The van der Waals surface area contributed by atoms with Crippen LogP contribution in [-0.4, -0.2) is 10.7 Å². The molecule has 0 saturated heterocycles. The van der Waals surface area contributed by atoms with Crippen molar-refractivity contribution in [3.05, 3.63) is 12.2 Å². The van der Waals surface area contributed by atoms with Crippen LogP contribution in [0.1, 0.15) is 19.3 Å². The summed E-state index contributed by atoms with van der Waals surface area (Å²) in [5.41, 5.74) is -0.0700. The highest BCUT2D eigenvalue weighted by molar-refractivity contribution is 5.37. The zero-order chi connectivity index (χ0) is 8.06. The van der Waals surface area contributed by atoms with Crippen LogP contribution < -0.4 is 0 Å². The molecule has 1 heteroatoms. The summed E-state index contributed by atoms with van der Waals surface area (Å²) >= 11 is 0. The van der Waals surface area contributed by atoms with Crippen molar-refractivity contribution >= 4 is 0 Å². The van der Waals surface area contributed by atoms with E-state index in [1.807, 2.05) is 0 Å². The predicted octanol–water partition coefficient (Wildman–Crippen LogP) is 1.34. The molecule has 2 rings (SSSR count). The van der Waals surface area contributed by atoms with E-state index in [1.54, 1.807) is 0 Å². The summed E-state index contributed by atoms with van der Waals surface area (Å²) in [6.45, 7) is 3.87. The number of fused-ring (bicyclic) bond motifs is 2. The fraction of sp³-hybridized carbons (Fsp3) is 0.600. The second-order valence-corrected chi connectivity index (χ2v) is 3.64. The Labute approximate surface area is 67.1 Å². The molecule has 0 unspecified atom stereocenters. The Morgan fingerprint density at radius 1 is 1.64 bits per heavy atom. The first kappa shape index (κ1) is 6.94. The van der Waals surface area contributed by atoms with Crippen LogP contribution in [0, 0.1) is 24.2 Å². The average molecular weight is 148 g/mol. The first-order chi connectivity index (χ1) is 5.18. The third-order valence-corrected chi connectivity index (χ3v) is 3.23. The highest BCUT2D eigenvalue weighted by Gasteiger charge is 2.51. The average Bonchev–Trinajstić information content (AvgIpc) is 2.56. The lowest BCUT2D eigenvalue weighted by atomic mass is 9.81. The van der Waals surface area contributed by atoms with Crippen molar-refractivity contribution in [1.82, 2.24) is 0 Å². The summed E-state index contributed by atoms with van der Waals surface area (Å²) in [5.74, 6) is 3.27. The summed E-state index contributed by atoms with van der Waals surface area (Å²) in [6.07, 6.45) is 8.59. The van der Waals surface area contributed by atoms with Crippen molar-refractivity contribution < 1.29 is 5.11 Å². The molecule has 2 aliphatic carbocycles. The minimum absolute atomic E-state index is 0.296. The van der Waals surface area contributed by atoms with E-state index < -0.39 is 5.60 Å². The van der Waals surface area contributed by atoms with E-state index in [4.69, 9.17) is 6.42 Å². The Hall–Kier alpha value is -0.740. The lowest BCUT2D eigenvalue weighted by molar-refractivity contribution is 0.0856. The van der Waals surface area contributed by atoms with E-state index in [0.29, 0.717) is 11.8 Å². The fourth-order valence-electron chi connectivity index (χ4n) is 2.46. The Bertz CT molecular complexity index is 248. The van der Waals surface area contributed by atoms with Gasteiger partial charge in [-0.1, -0.05) is 12.5 Å². The molecular weight excluding hydrogens is 136 g/mol. The van der Waals surface area contributed by atoms with E-state index in [1.165, 1.54) is 6.42 Å². The fourth-order valence-corrected chi connectivity index (χ4v) is 2.46. The van der Waals surface area contributed by atoms with Crippen molar-refractivity contribution in [3.63, 3.8) is 0 Å². The van der Waals surface area contributed by atoms with Gasteiger partial charge in [0.05, 0.1) is 0 Å². The van der Waals surface area contributed by atoms with Gasteiger partial charge in [-0.3, -0.25) is 0 Å². The smallest absolute Gasteiger partial charge is 0.149 e. The van der Waals surface area contributed by atoms with Gasteiger partial charge in [-0.05, 0) is 30.8 Å². The van der Waals surface area contributed by atoms with E-state index in [9.17, 15) is 5.11 Å². The second-order valence-electron chi connectivity index (χ2n) is 3.64. The Kier molecular flexibility index (Phi) is 1.20. The molecule has 58 valence electrons. The summed E-state index contributed by atoms with van der Waals surface area (Å²) in [6, 6.07) is 0. The van der Waals surface area contributed by atoms with Gasteiger partial charge in [-0.2, -0.15) is 0 Å². The van der Waals surface area contributed by atoms with Crippen molar-refractivity contribution in [1.29, 1.82) is 0 Å². The monoisotopic (exact) mass is 148 g/mol. The van der Waals surface area contributed by atoms with Gasteiger partial charge >= 0.3 is 0 Å². The Morgan fingerprint density at radius 3 is 2.73 bits per heavy atom. The zero-order valence-electron chi connectivity index (χ0n) is 6.51. The highest BCUT2D eigenvalue weighted by atomic mass is 16.3.